The van der Waals surface area contributed by atoms with Crippen LogP contribution in [0.2, 0.25) is 0 Å². The fourth-order valence-electron chi connectivity index (χ4n) is 9.36. The van der Waals surface area contributed by atoms with Crippen LogP contribution >= 0.6 is 0 Å². The molecule has 1 aliphatic carbocycles. The molecule has 13 atom stereocenters. The van der Waals surface area contributed by atoms with E-state index in [1.54, 1.807) is 62.3 Å². The van der Waals surface area contributed by atoms with Crippen molar-refractivity contribution < 1.29 is 110 Å². The van der Waals surface area contributed by atoms with Gasteiger partial charge in [0, 0.05) is 19.2 Å². The van der Waals surface area contributed by atoms with Crippen molar-refractivity contribution in [2.75, 3.05) is 39.4 Å². The molecule has 88 heavy (non-hydrogen) atoms. The van der Waals surface area contributed by atoms with Crippen molar-refractivity contribution in [3.63, 3.8) is 0 Å². The monoisotopic (exact) mass is 1280 g/mol. The molecule has 3 aliphatic rings. The van der Waals surface area contributed by atoms with Gasteiger partial charge in [-0.2, -0.15) is 4.31 Å². The maximum atomic E-state index is 14.4. The third-order valence-electron chi connectivity index (χ3n) is 12.8. The average molecular weight is 1280 g/mol. The molecule has 502 valence electrons. The van der Waals surface area contributed by atoms with Gasteiger partial charge in [-0.05, 0) is 136 Å². The Morgan fingerprint density at radius 2 is 1.25 bits per heavy atom. The quantitative estimate of drug-likeness (QED) is 0.0384. The molecule has 5 amide bonds. The predicted molar refractivity (Wildman–Crippen MR) is 308 cm³/mol. The highest BCUT2D eigenvalue weighted by molar-refractivity contribution is 7.89. The Bertz CT molecular complexity index is 2690. The summed E-state index contributed by atoms with van der Waals surface area (Å²) in [5, 5.41) is 81.2. The van der Waals surface area contributed by atoms with Crippen molar-refractivity contribution in [2.24, 2.45) is 0 Å². The molecule has 0 spiro atoms. The van der Waals surface area contributed by atoms with Gasteiger partial charge in [0.1, 0.15) is 58.0 Å². The highest BCUT2D eigenvalue weighted by Crippen LogP contribution is 2.35. The summed E-state index contributed by atoms with van der Waals surface area (Å²) >= 11 is 0. The van der Waals surface area contributed by atoms with Crippen LogP contribution in [0.1, 0.15) is 130 Å². The molecule has 1 aromatic rings. The molecular formula is C55H92N8O24S. The summed E-state index contributed by atoms with van der Waals surface area (Å²) in [4.78, 5) is 91.6. The van der Waals surface area contributed by atoms with Crippen molar-refractivity contribution in [3.05, 3.63) is 34.4 Å². The summed E-state index contributed by atoms with van der Waals surface area (Å²) in [7, 11) is -4.76. The van der Waals surface area contributed by atoms with Crippen molar-refractivity contribution in [2.45, 2.75) is 242 Å². The first-order valence-electron chi connectivity index (χ1n) is 28.6. The molecule has 2 heterocycles. The lowest BCUT2D eigenvalue weighted by molar-refractivity contribution is -0.387. The zero-order valence-electron chi connectivity index (χ0n) is 52.8. The first-order valence-corrected chi connectivity index (χ1v) is 30.1. The molecule has 0 unspecified atom stereocenters. The van der Waals surface area contributed by atoms with Gasteiger partial charge in [0.2, 0.25) is 10.0 Å². The number of alkyl carbamates (subject to hydrolysis) is 2. The summed E-state index contributed by atoms with van der Waals surface area (Å²) in [5.74, 6) is -2.07. The van der Waals surface area contributed by atoms with Gasteiger partial charge >= 0.3 is 30.3 Å². The highest BCUT2D eigenvalue weighted by Gasteiger charge is 2.54. The minimum Gasteiger partial charge on any atom is -0.459 e. The Morgan fingerprint density at radius 3 is 1.78 bits per heavy atom. The fraction of sp³-hybridized carbons (Fsp3) is 0.782. The first-order chi connectivity index (χ1) is 40.2. The number of aliphatic hydroxyl groups excluding tert-OH is 4. The van der Waals surface area contributed by atoms with Crippen LogP contribution in [0, 0.1) is 10.1 Å². The topological polar surface area (TPSA) is 431 Å². The van der Waals surface area contributed by atoms with Crippen molar-refractivity contribution in [3.8, 4) is 0 Å². The lowest BCUT2D eigenvalue weighted by atomic mass is 9.82. The number of rotatable bonds is 20. The van der Waals surface area contributed by atoms with Gasteiger partial charge in [0.15, 0.2) is 23.6 Å². The number of nitro benzene ring substituents is 1. The van der Waals surface area contributed by atoms with Crippen LogP contribution in [0.5, 0.6) is 0 Å². The Labute approximate surface area is 512 Å². The van der Waals surface area contributed by atoms with E-state index in [1.807, 2.05) is 0 Å². The van der Waals surface area contributed by atoms with E-state index in [0.29, 0.717) is 5.01 Å². The third-order valence-corrected chi connectivity index (χ3v) is 14.7. The number of aliphatic hydroxyl groups is 5. The van der Waals surface area contributed by atoms with Crippen LogP contribution in [0.15, 0.2) is 29.2 Å². The lowest BCUT2D eigenvalue weighted by Gasteiger charge is -2.50. The van der Waals surface area contributed by atoms with E-state index in [1.165, 1.54) is 60.6 Å². The van der Waals surface area contributed by atoms with Crippen LogP contribution in [0.3, 0.4) is 0 Å². The smallest absolute Gasteiger partial charge is 0.429 e. The molecule has 3 fully saturated rings. The van der Waals surface area contributed by atoms with Gasteiger partial charge < -0.3 is 84.1 Å². The molecule has 4 rings (SSSR count). The molecule has 2 saturated heterocycles. The van der Waals surface area contributed by atoms with Crippen molar-refractivity contribution in [1.29, 1.82) is 0 Å². The predicted octanol–water partition coefficient (Wildman–Crippen LogP) is 1.70. The summed E-state index contributed by atoms with van der Waals surface area (Å²) in [5.41, 5.74) is -5.89. The first kappa shape index (κ1) is 74.6. The summed E-state index contributed by atoms with van der Waals surface area (Å²) < 4.78 is 81.8. The number of carbonyl (C=O) groups is 6. The van der Waals surface area contributed by atoms with Gasteiger partial charge in [-0.25, -0.2) is 38.0 Å². The second-order valence-corrected chi connectivity index (χ2v) is 28.7. The number of nitrogens with zero attached hydrogens (tertiary/aromatic N) is 3. The fourth-order valence-corrected chi connectivity index (χ4v) is 11.0. The SMILES string of the molecule is CC(C)(C)OC(=O)CN[C@@H]1[C@@H](O)[C@@H](O[C@@H]2[C@@H](O)[C@H](O[C@H]3O[C@H](CN(CCO)S(=O)(=O)c4ccccc4[N+](=O)[O-])CC[C@H]3NC(=O)OC(C)(C)C)[C@@H](NC(=O)OC(C)(C)C)C[C@H]2NC(=O)[C@@H](O)CN(NC(=O)OC(C)(C)C)C(=O)OC(C)(C)C)OC[C@]1(C)O. The van der Waals surface area contributed by atoms with Gasteiger partial charge in [-0.3, -0.25) is 25.0 Å². The normalized spacial score (nSPS) is 26.8. The largest absolute Gasteiger partial charge is 0.459 e. The van der Waals surface area contributed by atoms with Gasteiger partial charge in [0.25, 0.3) is 11.6 Å². The molecule has 10 N–H and O–H groups in total. The van der Waals surface area contributed by atoms with E-state index in [4.69, 9.17) is 42.6 Å². The van der Waals surface area contributed by atoms with E-state index in [9.17, 15) is 72.8 Å². The molecule has 0 aromatic heterocycles. The van der Waals surface area contributed by atoms with Gasteiger partial charge in [-0.15, -0.1) is 0 Å². The second-order valence-electron chi connectivity index (χ2n) is 26.8. The van der Waals surface area contributed by atoms with Gasteiger partial charge in [-0.1, -0.05) is 12.1 Å². The summed E-state index contributed by atoms with van der Waals surface area (Å²) in [6, 6.07) is -1.26. The molecule has 1 aromatic carbocycles. The molecule has 1 saturated carbocycles. The van der Waals surface area contributed by atoms with E-state index in [-0.39, 0.29) is 12.8 Å². The Hall–Kier alpha value is -5.85. The minimum atomic E-state index is -4.76. The molecule has 0 bridgehead atoms. The number of benzene rings is 1. The maximum absolute atomic E-state index is 14.4. The second kappa shape index (κ2) is 29.9. The number of amides is 5. The number of carbonyl (C=O) groups excluding carboxylic acids is 6. The number of hydrogen-bond acceptors (Lipinski definition) is 25. The Morgan fingerprint density at radius 1 is 0.739 bits per heavy atom. The van der Waals surface area contributed by atoms with Crippen molar-refractivity contribution in [1.82, 2.24) is 36.0 Å². The maximum Gasteiger partial charge on any atom is 0.429 e. The van der Waals surface area contributed by atoms with E-state index < -0.39 is 215 Å². The molecule has 2 aliphatic heterocycles. The average Bonchev–Trinajstić information content (AvgIpc) is 1.03. The van der Waals surface area contributed by atoms with Crippen LogP contribution in [-0.4, -0.2) is 231 Å². The molecular weight excluding hydrogens is 1190 g/mol. The van der Waals surface area contributed by atoms with Crippen LogP contribution in [-0.2, 0) is 62.2 Å². The number of esters is 1. The van der Waals surface area contributed by atoms with Crippen LogP contribution in [0.4, 0.5) is 24.9 Å². The number of hydrogen-bond donors (Lipinski definition) is 10. The molecule has 33 heteroatoms. The Kier molecular flexibility index (Phi) is 25.3. The summed E-state index contributed by atoms with van der Waals surface area (Å²) in [6.45, 7) is 20.7. The number of hydrazine groups is 1. The van der Waals surface area contributed by atoms with Crippen molar-refractivity contribution >= 4 is 52.0 Å². The zero-order chi connectivity index (χ0) is 66.9. The highest BCUT2D eigenvalue weighted by atomic mass is 32.2. The van der Waals surface area contributed by atoms with Gasteiger partial charge in [0.05, 0.1) is 61.5 Å². The van der Waals surface area contributed by atoms with Crippen LogP contribution in [0.25, 0.3) is 0 Å². The number of nitro groups is 1. The van der Waals surface area contributed by atoms with E-state index in [2.05, 4.69) is 26.7 Å². The number of ether oxygens (including phenoxy) is 9. The van der Waals surface area contributed by atoms with Crippen LogP contribution < -0.4 is 26.7 Å². The number of sulfonamides is 1. The molecule has 0 radical (unpaired) electrons. The molecule has 32 nitrogen and oxygen atoms in total. The van der Waals surface area contributed by atoms with E-state index in [0.717, 1.165) is 16.4 Å². The zero-order valence-corrected chi connectivity index (χ0v) is 53.7. The third kappa shape index (κ3) is 23.2. The Balaban J connectivity index is 1.87. The lowest BCUT2D eigenvalue weighted by Crippen LogP contribution is -2.71. The standard InChI is InChI=1S/C55H92N8O24S/c1-50(2,3)83-37(66)26-56-42-39(68)45(79-29-55(42,16)74)82-40-32(57-43(69)35(65)28-62(49(73)87-54(13,14)15)60-48(72)86-53(10,11)12)25-33(59-47(71)85-52(7,8)9)41(38(40)67)81-44-31(58-46(70)84-51(4,5)6)22-21-30(80-44)27-61(23-24-64)88(77,78)36-20-18-17-19-34(36)63(75)76/h17-20,30-33,35,38-42,44-45,56,64-65,67-68,74H,21-29H2,1-16H3,(H,57,69)(H,58,70)(H,59,71)(H,60,72)/t30-,31+,32+,33-,35-,38+,39+,40-,41+,42+,44+,45+,55-/m0/s1. The number of para-hydroxylation sites is 1. The minimum absolute atomic E-state index is 0.0495. The summed E-state index contributed by atoms with van der Waals surface area (Å²) in [6.07, 6.45) is -20.1. The van der Waals surface area contributed by atoms with E-state index >= 15 is 0 Å². The number of nitrogens with one attached hydrogen (secondary N) is 5.